The molecule has 1 amide bonds. The van der Waals surface area contributed by atoms with Crippen molar-refractivity contribution < 1.29 is 19.4 Å². The van der Waals surface area contributed by atoms with Gasteiger partial charge in [0.1, 0.15) is 5.60 Å². The lowest BCUT2D eigenvalue weighted by atomic mass is 9.65. The molecule has 7 nitrogen and oxygen atoms in total. The fourth-order valence-electron chi connectivity index (χ4n) is 3.94. The zero-order valence-electron chi connectivity index (χ0n) is 17.0. The van der Waals surface area contributed by atoms with E-state index >= 15 is 0 Å². The Morgan fingerprint density at radius 2 is 2.00 bits per heavy atom. The second-order valence-corrected chi connectivity index (χ2v) is 8.40. The van der Waals surface area contributed by atoms with E-state index in [-0.39, 0.29) is 18.0 Å². The van der Waals surface area contributed by atoms with E-state index in [1.807, 2.05) is 20.8 Å². The van der Waals surface area contributed by atoms with Gasteiger partial charge in [-0.3, -0.25) is 9.59 Å². The van der Waals surface area contributed by atoms with Crippen LogP contribution in [0.5, 0.6) is 0 Å². The highest BCUT2D eigenvalue weighted by Gasteiger charge is 2.52. The van der Waals surface area contributed by atoms with Gasteiger partial charge in [0.25, 0.3) is 0 Å². The first kappa shape index (κ1) is 21.0. The molecule has 0 spiro atoms. The number of nitrogens with zero attached hydrogens (tertiary/aromatic N) is 1. The van der Waals surface area contributed by atoms with Crippen LogP contribution in [0.1, 0.15) is 63.3 Å². The minimum atomic E-state index is -1.05. The summed E-state index contributed by atoms with van der Waals surface area (Å²) in [5.74, 6) is -0.695. The summed E-state index contributed by atoms with van der Waals surface area (Å²) in [7, 11) is 0. The third kappa shape index (κ3) is 4.17. The molecule has 7 heteroatoms. The number of aromatic amines is 1. The average Bonchev–Trinajstić information content (AvgIpc) is 2.55. The maximum atomic E-state index is 13.3. The monoisotopic (exact) mass is 378 g/mol. The predicted molar refractivity (Wildman–Crippen MR) is 102 cm³/mol. The fourth-order valence-corrected chi connectivity index (χ4v) is 3.94. The van der Waals surface area contributed by atoms with Gasteiger partial charge in [0.05, 0.1) is 5.41 Å². The van der Waals surface area contributed by atoms with Crippen molar-refractivity contribution in [3.8, 4) is 0 Å². The van der Waals surface area contributed by atoms with Gasteiger partial charge in [0.15, 0.2) is 0 Å². The number of amides is 1. The molecule has 1 aliphatic rings. The van der Waals surface area contributed by atoms with Crippen LogP contribution in [0.4, 0.5) is 4.79 Å². The van der Waals surface area contributed by atoms with E-state index in [0.717, 1.165) is 16.8 Å². The van der Waals surface area contributed by atoms with E-state index in [1.54, 1.807) is 20.8 Å². The number of esters is 1. The van der Waals surface area contributed by atoms with Crippen LogP contribution in [0.15, 0.2) is 10.9 Å². The van der Waals surface area contributed by atoms with Crippen molar-refractivity contribution in [2.45, 2.75) is 65.9 Å². The van der Waals surface area contributed by atoms with E-state index in [9.17, 15) is 19.5 Å². The Morgan fingerprint density at radius 3 is 2.52 bits per heavy atom. The Labute approximate surface area is 159 Å². The normalized spacial score (nSPS) is 23.2. The lowest BCUT2D eigenvalue weighted by molar-refractivity contribution is -0.172. The van der Waals surface area contributed by atoms with Gasteiger partial charge in [-0.2, -0.15) is 0 Å². The highest BCUT2D eigenvalue weighted by molar-refractivity contribution is 5.80. The van der Waals surface area contributed by atoms with Crippen LogP contribution in [0, 0.1) is 19.3 Å². The van der Waals surface area contributed by atoms with Crippen LogP contribution >= 0.6 is 0 Å². The van der Waals surface area contributed by atoms with Crippen molar-refractivity contribution in [2.24, 2.45) is 5.41 Å². The van der Waals surface area contributed by atoms with Gasteiger partial charge < -0.3 is 19.7 Å². The SMILES string of the molecule is CCC1(C(=O)OC(C)(C)C)CN(C(=O)O)CCC1c1cc(=O)[nH]c(C)c1C. The summed E-state index contributed by atoms with van der Waals surface area (Å²) in [6.45, 7) is 11.4. The number of likely N-dealkylation sites (tertiary alicyclic amines) is 1. The number of hydrogen-bond acceptors (Lipinski definition) is 4. The lowest BCUT2D eigenvalue weighted by Gasteiger charge is -2.46. The van der Waals surface area contributed by atoms with E-state index < -0.39 is 23.1 Å². The van der Waals surface area contributed by atoms with Crippen LogP contribution in [-0.4, -0.2) is 45.7 Å². The van der Waals surface area contributed by atoms with Crippen molar-refractivity contribution in [1.29, 1.82) is 0 Å². The average molecular weight is 378 g/mol. The summed E-state index contributed by atoms with van der Waals surface area (Å²) in [4.78, 5) is 41.0. The van der Waals surface area contributed by atoms with E-state index in [2.05, 4.69) is 4.98 Å². The molecular formula is C20H30N2O5. The lowest BCUT2D eigenvalue weighted by Crippen LogP contribution is -2.55. The summed E-state index contributed by atoms with van der Waals surface area (Å²) in [5, 5.41) is 9.50. The molecular weight excluding hydrogens is 348 g/mol. The number of carboxylic acid groups (broad SMARTS) is 1. The minimum Gasteiger partial charge on any atom is -0.465 e. The molecule has 0 bridgehead atoms. The molecule has 2 rings (SSSR count). The number of pyridine rings is 1. The third-order valence-corrected chi connectivity index (χ3v) is 5.50. The number of aromatic nitrogens is 1. The summed E-state index contributed by atoms with van der Waals surface area (Å²) in [6.07, 6.45) is -0.168. The molecule has 0 radical (unpaired) electrons. The third-order valence-electron chi connectivity index (χ3n) is 5.50. The molecule has 0 aromatic carbocycles. The smallest absolute Gasteiger partial charge is 0.407 e. The van der Waals surface area contributed by atoms with Crippen molar-refractivity contribution in [1.82, 2.24) is 9.88 Å². The number of rotatable bonds is 3. The number of nitrogens with one attached hydrogen (secondary N) is 1. The molecule has 1 saturated heterocycles. The fraction of sp³-hybridized carbons (Fsp3) is 0.650. The van der Waals surface area contributed by atoms with Gasteiger partial charge in [-0.25, -0.2) is 4.79 Å². The summed E-state index contributed by atoms with van der Waals surface area (Å²) < 4.78 is 5.71. The molecule has 2 unspecified atom stereocenters. The maximum Gasteiger partial charge on any atom is 0.407 e. The Morgan fingerprint density at radius 1 is 1.37 bits per heavy atom. The molecule has 0 saturated carbocycles. The number of carbonyl (C=O) groups excluding carboxylic acids is 1. The highest BCUT2D eigenvalue weighted by Crippen LogP contribution is 2.47. The van der Waals surface area contributed by atoms with Crippen LogP contribution in [0.25, 0.3) is 0 Å². The molecule has 27 heavy (non-hydrogen) atoms. The molecule has 1 aliphatic heterocycles. The number of piperidine rings is 1. The standard InChI is InChI=1S/C20H30N2O5/c1-7-20(17(24)27-19(4,5)6)11-22(18(25)26)9-8-15(20)14-10-16(23)21-13(3)12(14)2/h10,15H,7-9,11H2,1-6H3,(H,21,23)(H,25,26). The molecule has 1 aromatic heterocycles. The number of ether oxygens (including phenoxy) is 1. The number of carbonyl (C=O) groups is 2. The first-order chi connectivity index (χ1) is 12.4. The maximum absolute atomic E-state index is 13.3. The largest absolute Gasteiger partial charge is 0.465 e. The highest BCUT2D eigenvalue weighted by atomic mass is 16.6. The van der Waals surface area contributed by atoms with E-state index in [0.29, 0.717) is 19.4 Å². The molecule has 1 fully saturated rings. The second-order valence-electron chi connectivity index (χ2n) is 8.40. The predicted octanol–water partition coefficient (Wildman–Crippen LogP) is 3.20. The first-order valence-electron chi connectivity index (χ1n) is 9.33. The van der Waals surface area contributed by atoms with Crippen molar-refractivity contribution in [3.63, 3.8) is 0 Å². The van der Waals surface area contributed by atoms with Gasteiger partial charge in [-0.1, -0.05) is 6.92 Å². The topological polar surface area (TPSA) is 99.7 Å². The van der Waals surface area contributed by atoms with Gasteiger partial charge >= 0.3 is 12.1 Å². The molecule has 2 atom stereocenters. The van der Waals surface area contributed by atoms with Gasteiger partial charge in [-0.15, -0.1) is 0 Å². The van der Waals surface area contributed by atoms with Gasteiger partial charge in [0, 0.05) is 30.8 Å². The zero-order chi connectivity index (χ0) is 20.6. The van der Waals surface area contributed by atoms with Crippen molar-refractivity contribution in [2.75, 3.05) is 13.1 Å². The van der Waals surface area contributed by atoms with Crippen LogP contribution < -0.4 is 5.56 Å². The van der Waals surface area contributed by atoms with E-state index in [4.69, 9.17) is 4.74 Å². The van der Waals surface area contributed by atoms with Gasteiger partial charge in [-0.05, 0) is 58.6 Å². The molecule has 2 N–H and O–H groups in total. The minimum absolute atomic E-state index is 0.0592. The van der Waals surface area contributed by atoms with Crippen LogP contribution in [-0.2, 0) is 9.53 Å². The Bertz CT molecular complexity index is 793. The number of hydrogen-bond donors (Lipinski definition) is 2. The molecule has 2 heterocycles. The first-order valence-corrected chi connectivity index (χ1v) is 9.33. The Hall–Kier alpha value is -2.31. The molecule has 150 valence electrons. The Balaban J connectivity index is 2.61. The molecule has 1 aromatic rings. The van der Waals surface area contributed by atoms with Crippen LogP contribution in [0.3, 0.4) is 0 Å². The quantitative estimate of drug-likeness (QED) is 0.787. The van der Waals surface area contributed by atoms with E-state index in [1.165, 1.54) is 11.0 Å². The van der Waals surface area contributed by atoms with Crippen molar-refractivity contribution in [3.05, 3.63) is 33.2 Å². The van der Waals surface area contributed by atoms with Crippen molar-refractivity contribution >= 4 is 12.1 Å². The summed E-state index contributed by atoms with van der Waals surface area (Å²) >= 11 is 0. The Kier molecular flexibility index (Phi) is 5.73. The van der Waals surface area contributed by atoms with Gasteiger partial charge in [0.2, 0.25) is 5.56 Å². The summed E-state index contributed by atoms with van der Waals surface area (Å²) in [5.41, 5.74) is 0.539. The number of H-pyrrole nitrogens is 1. The molecule has 0 aliphatic carbocycles. The summed E-state index contributed by atoms with van der Waals surface area (Å²) in [6, 6.07) is 1.54. The van der Waals surface area contributed by atoms with Crippen LogP contribution in [0.2, 0.25) is 0 Å². The second kappa shape index (κ2) is 7.37. The zero-order valence-corrected chi connectivity index (χ0v) is 17.0. The number of aryl methyl sites for hydroxylation is 1.